The number of hydrogen-bond donors (Lipinski definition) is 1. The van der Waals surface area contributed by atoms with Crippen LogP contribution < -0.4 is 9.47 Å². The fourth-order valence-electron chi connectivity index (χ4n) is 3.75. The minimum atomic E-state index is -0.754. The van der Waals surface area contributed by atoms with Crippen molar-refractivity contribution in [1.82, 2.24) is 9.80 Å². The van der Waals surface area contributed by atoms with Crippen LogP contribution in [0.15, 0.2) is 12.1 Å². The molecule has 0 aromatic heterocycles. The van der Waals surface area contributed by atoms with E-state index in [1.807, 2.05) is 19.1 Å². The third-order valence-electron chi connectivity index (χ3n) is 5.09. The van der Waals surface area contributed by atoms with Gasteiger partial charge in [-0.3, -0.25) is 14.6 Å². The SMILES string of the molecule is CCN(CC(=O)O)C1CCN(Cc2cc(Cl)c3c(c2)OCCCO3)CC1. The number of benzene rings is 1. The molecule has 26 heavy (non-hydrogen) atoms. The van der Waals surface area contributed by atoms with E-state index in [2.05, 4.69) is 9.80 Å². The Morgan fingerprint density at radius 2 is 2.04 bits per heavy atom. The number of carboxylic acid groups (broad SMARTS) is 1. The first-order valence-corrected chi connectivity index (χ1v) is 9.71. The van der Waals surface area contributed by atoms with Crippen molar-refractivity contribution >= 4 is 17.6 Å². The number of hydrogen-bond acceptors (Lipinski definition) is 5. The number of carbonyl (C=O) groups is 1. The van der Waals surface area contributed by atoms with Crippen LogP contribution in [0, 0.1) is 0 Å². The molecule has 1 N–H and O–H groups in total. The van der Waals surface area contributed by atoms with Crippen molar-refractivity contribution in [2.45, 2.75) is 38.8 Å². The normalized spacial score (nSPS) is 18.7. The highest BCUT2D eigenvalue weighted by Gasteiger charge is 2.25. The van der Waals surface area contributed by atoms with E-state index < -0.39 is 5.97 Å². The molecule has 0 radical (unpaired) electrons. The Bertz CT molecular complexity index is 632. The van der Waals surface area contributed by atoms with Gasteiger partial charge in [0.1, 0.15) is 0 Å². The molecule has 0 saturated carbocycles. The highest BCUT2D eigenvalue weighted by atomic mass is 35.5. The van der Waals surface area contributed by atoms with Crippen LogP contribution in [-0.2, 0) is 11.3 Å². The molecule has 7 heteroatoms. The standard InChI is InChI=1S/C19H27ClN2O4/c1-2-22(13-18(23)24)15-4-6-21(7-5-15)12-14-10-16(20)19-17(11-14)25-8-3-9-26-19/h10-11,15H,2-9,12-13H2,1H3,(H,23,24). The van der Waals surface area contributed by atoms with Crippen LogP contribution in [0.2, 0.25) is 5.02 Å². The summed E-state index contributed by atoms with van der Waals surface area (Å²) in [5.41, 5.74) is 1.12. The minimum absolute atomic E-state index is 0.124. The van der Waals surface area contributed by atoms with Gasteiger partial charge in [-0.15, -0.1) is 0 Å². The molecule has 0 aliphatic carbocycles. The number of ether oxygens (including phenoxy) is 2. The van der Waals surface area contributed by atoms with Crippen molar-refractivity contribution in [1.29, 1.82) is 0 Å². The van der Waals surface area contributed by atoms with E-state index in [4.69, 9.17) is 26.2 Å². The number of aliphatic carboxylic acids is 1. The maximum atomic E-state index is 11.0. The molecule has 144 valence electrons. The number of rotatable bonds is 6. The van der Waals surface area contributed by atoms with Crippen LogP contribution >= 0.6 is 11.6 Å². The van der Waals surface area contributed by atoms with Crippen LogP contribution in [0.3, 0.4) is 0 Å². The second-order valence-electron chi connectivity index (χ2n) is 6.92. The maximum Gasteiger partial charge on any atom is 0.317 e. The molecule has 0 unspecified atom stereocenters. The molecule has 1 fully saturated rings. The number of piperidine rings is 1. The smallest absolute Gasteiger partial charge is 0.317 e. The van der Waals surface area contributed by atoms with Gasteiger partial charge in [0, 0.05) is 19.0 Å². The number of fused-ring (bicyclic) bond motifs is 1. The summed E-state index contributed by atoms with van der Waals surface area (Å²) in [5.74, 6) is 0.633. The summed E-state index contributed by atoms with van der Waals surface area (Å²) in [6.45, 7) is 6.91. The fourth-order valence-corrected chi connectivity index (χ4v) is 4.04. The Morgan fingerprint density at radius 3 is 2.73 bits per heavy atom. The number of carboxylic acids is 1. The maximum absolute atomic E-state index is 11.0. The van der Waals surface area contributed by atoms with Crippen LogP contribution in [0.1, 0.15) is 31.7 Å². The topological polar surface area (TPSA) is 62.2 Å². The molecule has 1 saturated heterocycles. The average molecular weight is 383 g/mol. The van der Waals surface area contributed by atoms with Gasteiger partial charge in [-0.05, 0) is 50.2 Å². The van der Waals surface area contributed by atoms with Gasteiger partial charge in [0.15, 0.2) is 11.5 Å². The Hall–Kier alpha value is -1.50. The zero-order chi connectivity index (χ0) is 18.5. The van der Waals surface area contributed by atoms with E-state index in [-0.39, 0.29) is 6.54 Å². The van der Waals surface area contributed by atoms with Gasteiger partial charge < -0.3 is 14.6 Å². The lowest BCUT2D eigenvalue weighted by Crippen LogP contribution is -2.46. The van der Waals surface area contributed by atoms with Crippen LogP contribution in [0.5, 0.6) is 11.5 Å². The van der Waals surface area contributed by atoms with Crippen LogP contribution in [-0.4, -0.2) is 66.3 Å². The van der Waals surface area contributed by atoms with Gasteiger partial charge in [0.25, 0.3) is 0 Å². The van der Waals surface area contributed by atoms with E-state index >= 15 is 0 Å². The van der Waals surface area contributed by atoms with E-state index in [1.54, 1.807) is 0 Å². The lowest BCUT2D eigenvalue weighted by atomic mass is 10.0. The summed E-state index contributed by atoms with van der Waals surface area (Å²) in [7, 11) is 0. The predicted molar refractivity (Wildman–Crippen MR) is 100 cm³/mol. The number of nitrogens with zero attached hydrogens (tertiary/aromatic N) is 2. The van der Waals surface area contributed by atoms with Crippen molar-refractivity contribution in [3.05, 3.63) is 22.7 Å². The Kier molecular flexibility index (Phi) is 6.62. The summed E-state index contributed by atoms with van der Waals surface area (Å²) >= 11 is 6.38. The summed E-state index contributed by atoms with van der Waals surface area (Å²) in [5, 5.41) is 9.65. The zero-order valence-corrected chi connectivity index (χ0v) is 16.0. The van der Waals surface area contributed by atoms with Gasteiger partial charge in [0.05, 0.1) is 24.8 Å². The quantitative estimate of drug-likeness (QED) is 0.816. The van der Waals surface area contributed by atoms with E-state index in [0.29, 0.717) is 30.0 Å². The Morgan fingerprint density at radius 1 is 1.31 bits per heavy atom. The van der Waals surface area contributed by atoms with Crippen molar-refractivity contribution in [3.8, 4) is 11.5 Å². The first-order chi connectivity index (χ1) is 12.6. The Labute approximate surface area is 159 Å². The molecule has 2 aliphatic heterocycles. The third-order valence-corrected chi connectivity index (χ3v) is 5.37. The molecule has 0 amide bonds. The molecule has 1 aromatic carbocycles. The first-order valence-electron chi connectivity index (χ1n) is 9.33. The predicted octanol–water partition coefficient (Wildman–Crippen LogP) is 2.87. The highest BCUT2D eigenvalue weighted by molar-refractivity contribution is 6.32. The average Bonchev–Trinajstić information content (AvgIpc) is 2.86. The number of likely N-dealkylation sites (N-methyl/N-ethyl adjacent to an activating group) is 1. The second-order valence-corrected chi connectivity index (χ2v) is 7.33. The first kappa shape index (κ1) is 19.3. The molecule has 1 aromatic rings. The van der Waals surface area contributed by atoms with Crippen LogP contribution in [0.4, 0.5) is 0 Å². The largest absolute Gasteiger partial charge is 0.489 e. The third kappa shape index (κ3) is 4.81. The monoisotopic (exact) mass is 382 g/mol. The molecule has 2 heterocycles. The molecular formula is C19H27ClN2O4. The lowest BCUT2D eigenvalue weighted by molar-refractivity contribution is -0.139. The van der Waals surface area contributed by atoms with Gasteiger partial charge in [-0.1, -0.05) is 18.5 Å². The zero-order valence-electron chi connectivity index (χ0n) is 15.2. The molecular weight excluding hydrogens is 356 g/mol. The Balaban J connectivity index is 1.58. The van der Waals surface area contributed by atoms with Gasteiger partial charge in [-0.25, -0.2) is 0 Å². The van der Waals surface area contributed by atoms with Gasteiger partial charge in [-0.2, -0.15) is 0 Å². The van der Waals surface area contributed by atoms with Crippen molar-refractivity contribution in [3.63, 3.8) is 0 Å². The minimum Gasteiger partial charge on any atom is -0.489 e. The van der Waals surface area contributed by atoms with E-state index in [1.165, 1.54) is 0 Å². The van der Waals surface area contributed by atoms with Gasteiger partial charge >= 0.3 is 5.97 Å². The van der Waals surface area contributed by atoms with E-state index in [9.17, 15) is 4.79 Å². The molecule has 0 bridgehead atoms. The number of likely N-dealkylation sites (tertiary alicyclic amines) is 1. The molecule has 6 nitrogen and oxygen atoms in total. The molecule has 2 aliphatic rings. The summed E-state index contributed by atoms with van der Waals surface area (Å²) in [4.78, 5) is 15.5. The summed E-state index contributed by atoms with van der Waals surface area (Å²) < 4.78 is 11.5. The molecule has 0 spiro atoms. The summed E-state index contributed by atoms with van der Waals surface area (Å²) in [6, 6.07) is 4.34. The van der Waals surface area contributed by atoms with E-state index in [0.717, 1.165) is 56.8 Å². The van der Waals surface area contributed by atoms with Crippen molar-refractivity contribution in [2.24, 2.45) is 0 Å². The molecule has 0 atom stereocenters. The highest BCUT2D eigenvalue weighted by Crippen LogP contribution is 2.38. The van der Waals surface area contributed by atoms with Crippen molar-refractivity contribution < 1.29 is 19.4 Å². The second kappa shape index (κ2) is 8.93. The van der Waals surface area contributed by atoms with Gasteiger partial charge in [0.2, 0.25) is 0 Å². The lowest BCUT2D eigenvalue weighted by Gasteiger charge is -2.37. The van der Waals surface area contributed by atoms with Crippen LogP contribution in [0.25, 0.3) is 0 Å². The van der Waals surface area contributed by atoms with Crippen molar-refractivity contribution in [2.75, 3.05) is 39.4 Å². The fraction of sp³-hybridized carbons (Fsp3) is 0.632. The number of halogens is 1. The summed E-state index contributed by atoms with van der Waals surface area (Å²) in [6.07, 6.45) is 2.83. The molecule has 3 rings (SSSR count).